The van der Waals surface area contributed by atoms with E-state index in [1.165, 1.54) is 24.4 Å². The molecule has 2 aromatic carbocycles. The smallest absolute Gasteiger partial charge is 0.293 e. The Kier molecular flexibility index (Phi) is 10.4. The van der Waals surface area contributed by atoms with E-state index in [9.17, 15) is 44.3 Å². The number of sulfonamides is 1. The lowest BCUT2D eigenvalue weighted by molar-refractivity contribution is -0.123. The quantitative estimate of drug-likeness (QED) is 0.125. The first-order valence-electron chi connectivity index (χ1n) is 18.1. The van der Waals surface area contributed by atoms with Crippen molar-refractivity contribution in [2.75, 3.05) is 11.0 Å². The summed E-state index contributed by atoms with van der Waals surface area (Å²) in [5, 5.41) is 9.76. The summed E-state index contributed by atoms with van der Waals surface area (Å²) < 4.78 is 145. The van der Waals surface area contributed by atoms with Gasteiger partial charge in [-0.25, -0.2) is 49.7 Å². The lowest BCUT2D eigenvalue weighted by atomic mass is 10.0. The number of anilines is 1. The van der Waals surface area contributed by atoms with Crippen molar-refractivity contribution >= 4 is 44.3 Å². The first kappa shape index (κ1) is 41.8. The molecular weight excluding hydrogens is 868 g/mol. The Morgan fingerprint density at radius 1 is 1.02 bits per heavy atom. The maximum absolute atomic E-state index is 15.5. The number of carbonyl (C=O) groups excluding carboxylic acids is 1. The highest BCUT2D eigenvalue weighted by Crippen LogP contribution is 2.68. The zero-order valence-electron chi connectivity index (χ0n) is 31.4. The molecule has 0 unspecified atom stereocenters. The highest BCUT2D eigenvalue weighted by Gasteiger charge is 2.67. The Morgan fingerprint density at radius 2 is 1.74 bits per heavy atom. The van der Waals surface area contributed by atoms with Gasteiger partial charge in [-0.3, -0.25) is 28.2 Å². The molecule has 0 radical (unpaired) electrons. The number of benzene rings is 2. The number of nitrogens with zero attached hydrogens (tertiary/aromatic N) is 8. The number of amides is 1. The Balaban J connectivity index is 1.35. The number of fused-ring (bicyclic) bond motifs is 4. The molecule has 1 saturated carbocycles. The summed E-state index contributed by atoms with van der Waals surface area (Å²) >= 11 is 6.51. The minimum atomic E-state index is -4.12. The third-order valence-corrected chi connectivity index (χ3v) is 11.0. The second-order valence-corrected chi connectivity index (χ2v) is 16.7. The monoisotopic (exact) mass is 896 g/mol. The second kappa shape index (κ2) is 15.2. The highest BCUT2D eigenvalue weighted by molar-refractivity contribution is 7.92. The number of hydrogen-bond donors (Lipinski definition) is 2. The number of carbonyl (C=O) groups is 1. The molecule has 0 aliphatic heterocycles. The molecule has 2 aliphatic carbocycles. The van der Waals surface area contributed by atoms with Crippen LogP contribution in [-0.4, -0.2) is 66.1 Å². The summed E-state index contributed by atoms with van der Waals surface area (Å²) in [5.41, 5.74) is -3.69. The average molecular weight is 897 g/mol. The van der Waals surface area contributed by atoms with Crippen molar-refractivity contribution < 1.29 is 48.3 Å². The third-order valence-electron chi connectivity index (χ3n) is 10.1. The van der Waals surface area contributed by atoms with E-state index in [0.29, 0.717) is 21.1 Å². The first-order chi connectivity index (χ1) is 28.7. The van der Waals surface area contributed by atoms with Crippen molar-refractivity contribution in [3.8, 4) is 17.2 Å². The SMILES string of the molecule is Cc1ccnc(-c2cc(=O)n(-c3ccc(Cl)c4c(NS(C)(=O)=O)nn(CC(F)F)c34)c([C@H](Cc3cc(F)cc(F)c3)NC(=O)Cn3nc(C(F)F)c4c3C(F)(F)[C@@H]3C[C@H]43)n2)n1. The van der Waals surface area contributed by atoms with E-state index < -0.39 is 112 Å². The number of aromatic nitrogens is 8. The number of halogens is 9. The fourth-order valence-corrected chi connectivity index (χ4v) is 8.48. The number of rotatable bonds is 13. The summed E-state index contributed by atoms with van der Waals surface area (Å²) in [6, 6.07) is 5.50. The number of nitrogens with one attached hydrogen (secondary N) is 2. The van der Waals surface area contributed by atoms with Gasteiger partial charge in [-0.1, -0.05) is 11.6 Å². The van der Waals surface area contributed by atoms with Crippen molar-refractivity contribution in [3.63, 3.8) is 0 Å². The molecule has 0 saturated heterocycles. The van der Waals surface area contributed by atoms with Crippen molar-refractivity contribution in [1.82, 2.24) is 44.4 Å². The predicted octanol–water partition coefficient (Wildman–Crippen LogP) is 6.36. The number of hydrogen-bond acceptors (Lipinski definition) is 9. The second-order valence-electron chi connectivity index (χ2n) is 14.6. The maximum atomic E-state index is 15.5. The van der Waals surface area contributed by atoms with Crippen LogP contribution < -0.4 is 15.6 Å². The maximum Gasteiger partial charge on any atom is 0.293 e. The molecule has 320 valence electrons. The normalized spacial score (nSPS) is 17.2. The largest absolute Gasteiger partial charge is 0.344 e. The van der Waals surface area contributed by atoms with Gasteiger partial charge in [-0.15, -0.1) is 0 Å². The summed E-state index contributed by atoms with van der Waals surface area (Å²) in [6.07, 6.45) is -4.89. The minimum Gasteiger partial charge on any atom is -0.344 e. The molecule has 2 N–H and O–H groups in total. The highest BCUT2D eigenvalue weighted by atomic mass is 35.5. The molecule has 1 amide bonds. The van der Waals surface area contributed by atoms with Crippen LogP contribution in [0.4, 0.5) is 40.9 Å². The Labute approximate surface area is 343 Å². The summed E-state index contributed by atoms with van der Waals surface area (Å²) in [4.78, 5) is 41.6. The van der Waals surface area contributed by atoms with Gasteiger partial charge in [-0.2, -0.15) is 19.0 Å². The van der Waals surface area contributed by atoms with Crippen LogP contribution in [0.3, 0.4) is 0 Å². The van der Waals surface area contributed by atoms with Crippen molar-refractivity contribution in [1.29, 1.82) is 0 Å². The molecule has 6 aromatic rings. The minimum absolute atomic E-state index is 0.0476. The van der Waals surface area contributed by atoms with Gasteiger partial charge in [-0.05, 0) is 55.2 Å². The van der Waals surface area contributed by atoms with Crippen LogP contribution in [0.15, 0.2) is 53.5 Å². The Bertz CT molecular complexity index is 2920. The molecule has 0 bridgehead atoms. The Hall–Kier alpha value is -5.97. The molecule has 61 heavy (non-hydrogen) atoms. The summed E-state index contributed by atoms with van der Waals surface area (Å²) in [5.74, 6) is -10.1. The molecule has 0 spiro atoms. The van der Waals surface area contributed by atoms with Gasteiger partial charge in [0, 0.05) is 41.9 Å². The molecule has 8 rings (SSSR count). The van der Waals surface area contributed by atoms with Gasteiger partial charge in [0.25, 0.3) is 24.3 Å². The molecular formula is C37H29ClF8N10O4S. The van der Waals surface area contributed by atoms with Crippen LogP contribution >= 0.6 is 11.6 Å². The molecule has 1 fully saturated rings. The van der Waals surface area contributed by atoms with Gasteiger partial charge in [0.05, 0.1) is 33.9 Å². The van der Waals surface area contributed by atoms with E-state index in [-0.39, 0.29) is 50.7 Å². The standard InChI is InChI=1S/C37H29ClF8N10O4S/c1-15-5-6-47-34(48-15)22-12-27(58)56(24-4-3-21(38)29-31(24)54(13-25(41)42)52-35(29)53-61(2,59)60)36(50-22)23(9-16-7-17(39)10-18(40)8-16)49-26(57)14-55-32-28(30(51-55)33(43)44)19-11-20(19)37(32,45)46/h3-8,10,12,19-20,23,25,33H,9,11,13-14H2,1-2H3,(H,49,57)(H,52,53)/t19-,20+,23-/m0/s1. The van der Waals surface area contributed by atoms with Crippen LogP contribution in [-0.2, 0) is 40.3 Å². The Morgan fingerprint density at radius 3 is 2.39 bits per heavy atom. The van der Waals surface area contributed by atoms with Crippen LogP contribution in [0.1, 0.15) is 58.8 Å². The lowest BCUT2D eigenvalue weighted by Crippen LogP contribution is -2.38. The van der Waals surface area contributed by atoms with Crippen LogP contribution in [0.5, 0.6) is 0 Å². The van der Waals surface area contributed by atoms with E-state index in [1.54, 1.807) is 6.92 Å². The molecule has 14 nitrogen and oxygen atoms in total. The van der Waals surface area contributed by atoms with E-state index in [4.69, 9.17) is 11.6 Å². The van der Waals surface area contributed by atoms with E-state index in [0.717, 1.165) is 29.0 Å². The first-order valence-corrected chi connectivity index (χ1v) is 20.4. The van der Waals surface area contributed by atoms with E-state index in [1.807, 2.05) is 0 Å². The van der Waals surface area contributed by atoms with Gasteiger partial charge in [0.1, 0.15) is 47.6 Å². The van der Waals surface area contributed by atoms with Gasteiger partial charge >= 0.3 is 0 Å². The zero-order valence-corrected chi connectivity index (χ0v) is 32.9. The van der Waals surface area contributed by atoms with Crippen LogP contribution in [0, 0.1) is 24.5 Å². The molecule has 24 heteroatoms. The number of alkyl halides is 6. The van der Waals surface area contributed by atoms with Crippen molar-refractivity contribution in [2.24, 2.45) is 5.92 Å². The topological polar surface area (TPSA) is 172 Å². The van der Waals surface area contributed by atoms with Gasteiger partial charge < -0.3 is 5.32 Å². The van der Waals surface area contributed by atoms with Crippen LogP contribution in [0.2, 0.25) is 5.02 Å². The van der Waals surface area contributed by atoms with E-state index >= 15 is 8.78 Å². The summed E-state index contributed by atoms with van der Waals surface area (Å²) in [7, 11) is -4.12. The predicted molar refractivity (Wildman–Crippen MR) is 201 cm³/mol. The van der Waals surface area contributed by atoms with Gasteiger partial charge in [0.2, 0.25) is 15.9 Å². The third kappa shape index (κ3) is 7.90. The molecule has 2 aliphatic rings. The van der Waals surface area contributed by atoms with Gasteiger partial charge in [0.15, 0.2) is 11.6 Å². The number of aryl methyl sites for hydroxylation is 1. The summed E-state index contributed by atoms with van der Waals surface area (Å²) in [6.45, 7) is -0.633. The van der Waals surface area contributed by atoms with Crippen molar-refractivity contribution in [3.05, 3.63) is 110 Å². The fourth-order valence-electron chi connectivity index (χ4n) is 7.74. The fraction of sp³-hybridized carbons (Fsp3) is 0.324. The van der Waals surface area contributed by atoms with Crippen LogP contribution in [0.25, 0.3) is 28.1 Å². The zero-order chi connectivity index (χ0) is 43.9. The van der Waals surface area contributed by atoms with Crippen molar-refractivity contribution in [2.45, 2.75) is 63.6 Å². The molecule has 4 heterocycles. The lowest BCUT2D eigenvalue weighted by Gasteiger charge is -2.24. The average Bonchev–Trinajstić information content (AvgIpc) is 3.68. The molecule has 4 aromatic heterocycles. The molecule has 3 atom stereocenters. The van der Waals surface area contributed by atoms with E-state index in [2.05, 4.69) is 35.2 Å².